The maximum absolute atomic E-state index is 17.1. The molecule has 338 valence electrons. The third kappa shape index (κ3) is 8.52. The summed E-state index contributed by atoms with van der Waals surface area (Å²) in [6, 6.07) is 17.6. The van der Waals surface area contributed by atoms with Crippen LogP contribution < -0.4 is 15.0 Å². The molecule has 2 aliphatic carbocycles. The molecule has 1 spiro atoms. The fraction of sp³-hybridized carbons (Fsp3) is 0.509. The lowest BCUT2D eigenvalue weighted by atomic mass is 9.65. The Balaban J connectivity index is 0.726. The highest BCUT2D eigenvalue weighted by atomic mass is 19.1. The maximum atomic E-state index is 17.1. The van der Waals surface area contributed by atoms with Gasteiger partial charge in [0.15, 0.2) is 5.82 Å². The molecule has 12 heteroatoms. The minimum absolute atomic E-state index is 0.00242. The van der Waals surface area contributed by atoms with Gasteiger partial charge in [-0.2, -0.15) is 9.97 Å². The van der Waals surface area contributed by atoms with Gasteiger partial charge in [-0.3, -0.25) is 9.78 Å². The second kappa shape index (κ2) is 17.1. The van der Waals surface area contributed by atoms with Crippen LogP contribution in [-0.2, 0) is 0 Å². The van der Waals surface area contributed by atoms with Crippen molar-refractivity contribution in [2.24, 2.45) is 16.7 Å². The van der Waals surface area contributed by atoms with Crippen LogP contribution in [0.2, 0.25) is 0 Å². The fourth-order valence-electron chi connectivity index (χ4n) is 12.0. The van der Waals surface area contributed by atoms with Crippen LogP contribution in [-0.4, -0.2) is 125 Å². The molecule has 65 heavy (non-hydrogen) atoms. The molecule has 6 fully saturated rings. The van der Waals surface area contributed by atoms with Crippen LogP contribution in [0, 0.1) is 41.8 Å². The van der Waals surface area contributed by atoms with Gasteiger partial charge in [0.25, 0.3) is 5.91 Å². The second-order valence-corrected chi connectivity index (χ2v) is 20.6. The Bertz CT molecular complexity index is 2620. The lowest BCUT2D eigenvalue weighted by molar-refractivity contribution is 0.0313. The quantitative estimate of drug-likeness (QED) is 0.135. The number of benzene rings is 3. The van der Waals surface area contributed by atoms with Crippen molar-refractivity contribution in [2.45, 2.75) is 83.2 Å². The molecule has 4 aliphatic heterocycles. The predicted molar refractivity (Wildman–Crippen MR) is 253 cm³/mol. The molecule has 3 aromatic carbocycles. The van der Waals surface area contributed by atoms with E-state index >= 15 is 4.39 Å². The lowest BCUT2D eigenvalue weighted by Crippen LogP contribution is -2.51. The number of phenolic OH excluding ortho intramolecular Hbond substituents is 1. The normalized spacial score (nSPS) is 23.3. The zero-order valence-electron chi connectivity index (χ0n) is 37.7. The summed E-state index contributed by atoms with van der Waals surface area (Å²) in [4.78, 5) is 37.2. The highest BCUT2D eigenvalue weighted by Gasteiger charge is 2.46. The predicted octanol–water partition coefficient (Wildman–Crippen LogP) is 7.81. The first kappa shape index (κ1) is 42.3. The topological polar surface area (TPSA) is 110 Å². The number of anilines is 1. The number of likely N-dealkylation sites (tertiary alicyclic amines) is 1. The molecule has 11 rings (SSSR count). The third-order valence-electron chi connectivity index (χ3n) is 16.1. The van der Waals surface area contributed by atoms with Gasteiger partial charge >= 0.3 is 6.01 Å². The standard InChI is InChI=1S/C53H61FN8O3/c1-3-37-5-4-6-39-27-42(63)28-43(45(37)39)47-46(54)48-44(29-55-47)49(62-31-40-11-12-41(32-62)56-40)58-51(57-48)65-34-53(17-18-53)33-60-25-23-59(24-26-60)30-36-13-15-52(16-14-36)19-21-61(22-20-52)50(64)38-9-7-35(2)8-10-38/h1,4-10,27-29,36,40-41,56,63H,11-26,30-34H2,2H3. The third-order valence-corrected chi connectivity index (χ3v) is 16.1. The van der Waals surface area contributed by atoms with Crippen LogP contribution in [0.15, 0.2) is 60.8 Å². The highest BCUT2D eigenvalue weighted by molar-refractivity contribution is 6.03. The molecule has 11 nitrogen and oxygen atoms in total. The highest BCUT2D eigenvalue weighted by Crippen LogP contribution is 2.48. The first-order valence-corrected chi connectivity index (χ1v) is 24.2. The molecule has 0 radical (unpaired) electrons. The number of halogens is 1. The largest absolute Gasteiger partial charge is 0.508 e. The molecule has 6 aliphatic rings. The van der Waals surface area contributed by atoms with E-state index in [1.54, 1.807) is 12.3 Å². The Hall–Kier alpha value is -5.35. The number of nitrogens with zero attached hydrogens (tertiary/aromatic N) is 7. The Morgan fingerprint density at radius 2 is 1.63 bits per heavy atom. The minimum atomic E-state index is -0.591. The van der Waals surface area contributed by atoms with Crippen LogP contribution >= 0.6 is 0 Å². The molecule has 2 unspecified atom stereocenters. The average molecular weight is 877 g/mol. The number of rotatable bonds is 10. The van der Waals surface area contributed by atoms with Gasteiger partial charge in [-0.05, 0) is 118 Å². The number of amides is 1. The fourth-order valence-corrected chi connectivity index (χ4v) is 12.0. The van der Waals surface area contributed by atoms with E-state index in [1.807, 2.05) is 42.5 Å². The van der Waals surface area contributed by atoms with Crippen molar-refractivity contribution in [3.8, 4) is 35.4 Å². The Morgan fingerprint density at radius 1 is 0.908 bits per heavy atom. The molecular formula is C53H61FN8O3. The first-order chi connectivity index (χ1) is 31.6. The maximum Gasteiger partial charge on any atom is 0.319 e. The summed E-state index contributed by atoms with van der Waals surface area (Å²) < 4.78 is 23.6. The zero-order chi connectivity index (χ0) is 44.3. The van der Waals surface area contributed by atoms with Gasteiger partial charge in [-0.15, -0.1) is 6.42 Å². The number of aromatic hydroxyl groups is 1. The van der Waals surface area contributed by atoms with E-state index in [-0.39, 0.29) is 34.3 Å². The van der Waals surface area contributed by atoms with Crippen LogP contribution in [0.4, 0.5) is 10.2 Å². The monoisotopic (exact) mass is 876 g/mol. The van der Waals surface area contributed by atoms with Gasteiger partial charge in [0.05, 0.1) is 12.0 Å². The summed E-state index contributed by atoms with van der Waals surface area (Å²) in [6.45, 7) is 12.3. The molecule has 1 amide bonds. The number of piperidine rings is 1. The van der Waals surface area contributed by atoms with Gasteiger partial charge in [-0.1, -0.05) is 35.7 Å². The van der Waals surface area contributed by atoms with Crippen LogP contribution in [0.1, 0.15) is 85.7 Å². The molecule has 2 bridgehead atoms. The van der Waals surface area contributed by atoms with Gasteiger partial charge in [0.2, 0.25) is 0 Å². The van der Waals surface area contributed by atoms with Crippen molar-refractivity contribution < 1.29 is 19.0 Å². The number of pyridine rings is 1. The summed E-state index contributed by atoms with van der Waals surface area (Å²) >= 11 is 0. The molecule has 2 saturated carbocycles. The van der Waals surface area contributed by atoms with Crippen molar-refractivity contribution in [1.82, 2.24) is 35.0 Å². The van der Waals surface area contributed by atoms with E-state index in [0.717, 1.165) is 109 Å². The molecule has 2 N–H and O–H groups in total. The molecule has 5 aromatic rings. The Morgan fingerprint density at radius 3 is 2.34 bits per heavy atom. The summed E-state index contributed by atoms with van der Waals surface area (Å²) in [5.41, 5.74) is 3.68. The molecule has 6 heterocycles. The van der Waals surface area contributed by atoms with Crippen molar-refractivity contribution in [1.29, 1.82) is 0 Å². The number of carbonyl (C=O) groups excluding carboxylic acids is 1. The lowest BCUT2D eigenvalue weighted by Gasteiger charge is -2.47. The second-order valence-electron chi connectivity index (χ2n) is 20.6. The van der Waals surface area contributed by atoms with Crippen molar-refractivity contribution >= 4 is 33.4 Å². The zero-order valence-corrected chi connectivity index (χ0v) is 37.7. The number of ether oxygens (including phenoxy) is 1. The average Bonchev–Trinajstić information content (AvgIpc) is 4.01. The SMILES string of the molecule is C#Cc1cccc2cc(O)cc(-c3ncc4c(N5CC6CCC(C5)N6)nc(OCC5(CN6CCN(CC7CCC8(CC7)CCN(C(=O)c7ccc(C)cc7)CC8)CC6)CC5)nc4c3F)c12. The van der Waals surface area contributed by atoms with E-state index in [4.69, 9.17) is 21.1 Å². The number of carbonyl (C=O) groups is 1. The van der Waals surface area contributed by atoms with E-state index in [2.05, 4.69) is 42.7 Å². The summed E-state index contributed by atoms with van der Waals surface area (Å²) in [5.74, 6) is 3.73. The number of piperazine rings is 2. The van der Waals surface area contributed by atoms with E-state index < -0.39 is 5.82 Å². The molecule has 4 saturated heterocycles. The first-order valence-electron chi connectivity index (χ1n) is 24.2. The summed E-state index contributed by atoms with van der Waals surface area (Å²) in [7, 11) is 0. The van der Waals surface area contributed by atoms with E-state index in [9.17, 15) is 9.90 Å². The number of aryl methyl sites for hydroxylation is 1. The Kier molecular flexibility index (Phi) is 11.2. The summed E-state index contributed by atoms with van der Waals surface area (Å²) in [6.07, 6.45) is 19.4. The van der Waals surface area contributed by atoms with Gasteiger partial charge in [0.1, 0.15) is 22.8 Å². The molecular weight excluding hydrogens is 816 g/mol. The molecule has 2 atom stereocenters. The minimum Gasteiger partial charge on any atom is -0.508 e. The summed E-state index contributed by atoms with van der Waals surface area (Å²) in [5, 5.41) is 16.3. The number of terminal acetylenes is 1. The van der Waals surface area contributed by atoms with Crippen LogP contribution in [0.3, 0.4) is 0 Å². The number of fused-ring (bicyclic) bond motifs is 4. The van der Waals surface area contributed by atoms with Crippen molar-refractivity contribution in [2.75, 3.05) is 77.0 Å². The van der Waals surface area contributed by atoms with Crippen LogP contribution in [0.5, 0.6) is 11.8 Å². The Labute approximate surface area is 381 Å². The molecule has 2 aromatic heterocycles. The van der Waals surface area contributed by atoms with E-state index in [0.29, 0.717) is 57.2 Å². The van der Waals surface area contributed by atoms with Gasteiger partial charge in [0, 0.05) is 111 Å². The van der Waals surface area contributed by atoms with Gasteiger partial charge < -0.3 is 34.8 Å². The number of phenols is 1. The van der Waals surface area contributed by atoms with Crippen molar-refractivity contribution in [3.05, 3.63) is 83.3 Å². The number of aromatic nitrogens is 3. The van der Waals surface area contributed by atoms with Crippen molar-refractivity contribution in [3.63, 3.8) is 0 Å². The van der Waals surface area contributed by atoms with Crippen LogP contribution in [0.25, 0.3) is 32.9 Å². The van der Waals surface area contributed by atoms with E-state index in [1.165, 1.54) is 43.9 Å². The smallest absolute Gasteiger partial charge is 0.319 e. The van der Waals surface area contributed by atoms with Gasteiger partial charge in [-0.25, -0.2) is 4.39 Å². The number of hydrogen-bond acceptors (Lipinski definition) is 10. The number of hydrogen-bond donors (Lipinski definition) is 2. The number of nitrogens with one attached hydrogen (secondary N) is 1.